The Bertz CT molecular complexity index is 1760. The van der Waals surface area contributed by atoms with Gasteiger partial charge in [-0.3, -0.25) is 19.2 Å². The molecule has 0 bridgehead atoms. The Balaban J connectivity index is 1.62. The highest BCUT2D eigenvalue weighted by Crippen LogP contribution is 2.75. The first kappa shape index (κ1) is 41.8. The summed E-state index contributed by atoms with van der Waals surface area (Å²) in [6, 6.07) is 9.70. The van der Waals surface area contributed by atoms with Crippen LogP contribution < -0.4 is 0 Å². The standard InChI is InChI=1S/C43H58O13/c1-23-18-30(38(48)50-10)41(9)37(56-28(6)47)36(55-27(5)46)40(8)31(43(41,49)19-23)16-17-39(7)32-21-51-22-42(32,24(2)52-20-29-14-12-11-13-15-29)35(54-26(4)45)33(34(39)40)53-25(3)44/h11-15,18,23-24,31-37,49H,16-17,19-22H2,1-10H3/t23?,24-,31?,32-,33-,34?,35-,36?,37-,39?,40?,41?,42?,43?/m0/s1. The molecule has 308 valence electrons. The van der Waals surface area contributed by atoms with Crippen LogP contribution in [0.2, 0.25) is 0 Å². The monoisotopic (exact) mass is 782 g/mol. The molecular weight excluding hydrogens is 724 g/mol. The van der Waals surface area contributed by atoms with E-state index in [1.807, 2.05) is 51.1 Å². The van der Waals surface area contributed by atoms with Gasteiger partial charge in [0.25, 0.3) is 0 Å². The molecule has 4 aliphatic carbocycles. The molecule has 13 nitrogen and oxygen atoms in total. The van der Waals surface area contributed by atoms with Gasteiger partial charge in [0.05, 0.1) is 49.5 Å². The first-order chi connectivity index (χ1) is 26.2. The minimum absolute atomic E-state index is 0.116. The number of hydrogen-bond acceptors (Lipinski definition) is 13. The smallest absolute Gasteiger partial charge is 0.334 e. The highest BCUT2D eigenvalue weighted by atomic mass is 16.6. The fourth-order valence-corrected chi connectivity index (χ4v) is 12.6. The van der Waals surface area contributed by atoms with Crippen molar-refractivity contribution in [2.45, 2.75) is 124 Å². The van der Waals surface area contributed by atoms with Crippen LogP contribution in [0.25, 0.3) is 0 Å². The van der Waals surface area contributed by atoms with E-state index in [2.05, 4.69) is 6.92 Å². The van der Waals surface area contributed by atoms with Crippen molar-refractivity contribution in [1.29, 1.82) is 0 Å². The van der Waals surface area contributed by atoms with E-state index in [1.165, 1.54) is 34.8 Å². The van der Waals surface area contributed by atoms with Crippen molar-refractivity contribution in [3.63, 3.8) is 0 Å². The topological polar surface area (TPSA) is 170 Å². The molecule has 1 heterocycles. The molecule has 5 aliphatic rings. The third-order valence-corrected chi connectivity index (χ3v) is 14.6. The summed E-state index contributed by atoms with van der Waals surface area (Å²) in [4.78, 5) is 66.8. The molecule has 0 aromatic heterocycles. The summed E-state index contributed by atoms with van der Waals surface area (Å²) in [7, 11) is 1.25. The second kappa shape index (κ2) is 14.8. The Labute approximate surface area is 329 Å². The lowest BCUT2D eigenvalue weighted by atomic mass is 9.32. The Kier molecular flexibility index (Phi) is 11.1. The van der Waals surface area contributed by atoms with E-state index in [4.69, 9.17) is 33.2 Å². The minimum Gasteiger partial charge on any atom is -0.466 e. The Morgan fingerprint density at radius 3 is 2.04 bits per heavy atom. The molecule has 56 heavy (non-hydrogen) atoms. The first-order valence-electron chi connectivity index (χ1n) is 19.7. The number of hydrogen-bond donors (Lipinski definition) is 1. The average molecular weight is 783 g/mol. The number of benzene rings is 1. The minimum atomic E-state index is -1.75. The summed E-state index contributed by atoms with van der Waals surface area (Å²) in [5.41, 5.74) is -5.45. The number of esters is 5. The summed E-state index contributed by atoms with van der Waals surface area (Å²) in [5, 5.41) is 13.6. The number of allylic oxidation sites excluding steroid dienone is 1. The lowest BCUT2D eigenvalue weighted by Gasteiger charge is -2.74. The molecule has 0 radical (unpaired) electrons. The van der Waals surface area contributed by atoms with Crippen LogP contribution >= 0.6 is 0 Å². The summed E-state index contributed by atoms with van der Waals surface area (Å²) in [6.07, 6.45) is -2.78. The van der Waals surface area contributed by atoms with Crippen molar-refractivity contribution < 1.29 is 62.2 Å². The molecule has 3 saturated carbocycles. The third kappa shape index (κ3) is 6.18. The molecule has 1 aromatic rings. The predicted octanol–water partition coefficient (Wildman–Crippen LogP) is 4.89. The second-order valence-electron chi connectivity index (χ2n) is 17.6. The maximum atomic E-state index is 13.7. The van der Waals surface area contributed by atoms with Gasteiger partial charge in [-0.1, -0.05) is 57.2 Å². The van der Waals surface area contributed by atoms with Gasteiger partial charge in [-0.25, -0.2) is 4.79 Å². The number of fused-ring (bicyclic) bond motifs is 7. The molecule has 14 atom stereocenters. The van der Waals surface area contributed by atoms with E-state index in [-0.39, 0.29) is 43.7 Å². The molecule has 9 unspecified atom stereocenters. The van der Waals surface area contributed by atoms with E-state index >= 15 is 0 Å². The molecule has 0 amide bonds. The second-order valence-corrected chi connectivity index (χ2v) is 17.6. The van der Waals surface area contributed by atoms with E-state index in [9.17, 15) is 29.1 Å². The molecule has 1 saturated heterocycles. The summed E-state index contributed by atoms with van der Waals surface area (Å²) >= 11 is 0. The molecule has 1 N–H and O–H groups in total. The van der Waals surface area contributed by atoms with Gasteiger partial charge in [-0.2, -0.15) is 0 Å². The summed E-state index contributed by atoms with van der Waals surface area (Å²) in [5.74, 6) is -5.54. The highest BCUT2D eigenvalue weighted by molar-refractivity contribution is 5.91. The highest BCUT2D eigenvalue weighted by Gasteiger charge is 2.82. The number of carbonyl (C=O) groups excluding carboxylic acids is 5. The van der Waals surface area contributed by atoms with Crippen LogP contribution in [0.1, 0.15) is 87.1 Å². The van der Waals surface area contributed by atoms with E-state index in [0.717, 1.165) is 5.56 Å². The molecule has 4 fully saturated rings. The zero-order valence-corrected chi connectivity index (χ0v) is 34.2. The summed E-state index contributed by atoms with van der Waals surface area (Å²) in [6.45, 7) is 15.2. The quantitative estimate of drug-likeness (QED) is 0.266. The number of rotatable bonds is 9. The van der Waals surface area contributed by atoms with Crippen molar-refractivity contribution in [3.8, 4) is 0 Å². The number of methoxy groups -OCH3 is 1. The Morgan fingerprint density at radius 1 is 0.857 bits per heavy atom. The van der Waals surface area contributed by atoms with Crippen LogP contribution in [0.15, 0.2) is 42.0 Å². The van der Waals surface area contributed by atoms with Crippen LogP contribution in [0.3, 0.4) is 0 Å². The van der Waals surface area contributed by atoms with Crippen molar-refractivity contribution >= 4 is 29.8 Å². The lowest BCUT2D eigenvalue weighted by Crippen LogP contribution is -2.81. The molecule has 1 aliphatic heterocycles. The number of ether oxygens (including phenoxy) is 7. The van der Waals surface area contributed by atoms with Crippen molar-refractivity contribution in [2.75, 3.05) is 20.3 Å². The van der Waals surface area contributed by atoms with Gasteiger partial charge in [0.2, 0.25) is 0 Å². The zero-order valence-electron chi connectivity index (χ0n) is 34.2. The van der Waals surface area contributed by atoms with E-state index in [0.29, 0.717) is 12.8 Å². The predicted molar refractivity (Wildman–Crippen MR) is 199 cm³/mol. The fraction of sp³-hybridized carbons (Fsp3) is 0.698. The van der Waals surface area contributed by atoms with Gasteiger partial charge in [-0.15, -0.1) is 0 Å². The van der Waals surface area contributed by atoms with Gasteiger partial charge < -0.3 is 38.3 Å². The largest absolute Gasteiger partial charge is 0.466 e. The number of carbonyl (C=O) groups is 5. The van der Waals surface area contributed by atoms with Crippen LogP contribution in [-0.4, -0.2) is 91.4 Å². The van der Waals surface area contributed by atoms with E-state index in [1.54, 1.807) is 13.0 Å². The Morgan fingerprint density at radius 2 is 1.45 bits per heavy atom. The SMILES string of the molecule is COC(=O)C1=CC(C)CC2(O)C3CCC4(C)C([C@H](OC(C)=O)[C@H](OC(C)=O)C5([C@H](C)OCc6ccccc6)COC[C@@H]45)C3(C)C(OC(C)=O)[C@H](OC(C)=O)C12C. The van der Waals surface area contributed by atoms with Crippen molar-refractivity contribution in [3.05, 3.63) is 47.5 Å². The summed E-state index contributed by atoms with van der Waals surface area (Å²) < 4.78 is 43.6. The van der Waals surface area contributed by atoms with Gasteiger partial charge in [-0.05, 0) is 55.9 Å². The number of aliphatic hydroxyl groups is 1. The van der Waals surface area contributed by atoms with Gasteiger partial charge in [0, 0.05) is 50.5 Å². The van der Waals surface area contributed by atoms with Gasteiger partial charge >= 0.3 is 29.8 Å². The average Bonchev–Trinajstić information content (AvgIpc) is 3.58. The zero-order chi connectivity index (χ0) is 41.2. The fourth-order valence-electron chi connectivity index (χ4n) is 12.6. The third-order valence-electron chi connectivity index (χ3n) is 14.6. The molecule has 13 heteroatoms. The normalized spacial score (nSPS) is 41.6. The Hall–Kier alpha value is -3.81. The maximum absolute atomic E-state index is 13.7. The molecule has 1 aromatic carbocycles. The van der Waals surface area contributed by atoms with Crippen LogP contribution in [0.5, 0.6) is 0 Å². The van der Waals surface area contributed by atoms with E-state index < -0.39 is 99.5 Å². The lowest BCUT2D eigenvalue weighted by molar-refractivity contribution is -0.346. The van der Waals surface area contributed by atoms with Gasteiger partial charge in [0.1, 0.15) is 18.3 Å². The van der Waals surface area contributed by atoms with Crippen LogP contribution in [-0.2, 0) is 63.7 Å². The molecule has 0 spiro atoms. The first-order valence-corrected chi connectivity index (χ1v) is 19.7. The van der Waals surface area contributed by atoms with Crippen molar-refractivity contribution in [2.24, 2.45) is 45.3 Å². The van der Waals surface area contributed by atoms with Crippen LogP contribution in [0, 0.1) is 45.3 Å². The van der Waals surface area contributed by atoms with Gasteiger partial charge in [0.15, 0.2) is 6.10 Å². The maximum Gasteiger partial charge on any atom is 0.334 e. The van der Waals surface area contributed by atoms with Crippen LogP contribution in [0.4, 0.5) is 0 Å². The molecule has 6 rings (SSSR count). The van der Waals surface area contributed by atoms with Crippen molar-refractivity contribution in [1.82, 2.24) is 0 Å². The molecular formula is C43H58O13.